The molecule has 0 aliphatic heterocycles. The Labute approximate surface area is 159 Å². The van der Waals surface area contributed by atoms with E-state index in [1.54, 1.807) is 20.3 Å². The molecule has 0 aromatic heterocycles. The zero-order valence-electron chi connectivity index (χ0n) is 11.3. The van der Waals surface area contributed by atoms with Gasteiger partial charge >= 0.3 is 0 Å². The molecule has 0 amide bonds. The van der Waals surface area contributed by atoms with Crippen LogP contribution in [0.1, 0.15) is 16.0 Å². The Morgan fingerprint density at radius 1 is 1.05 bits per heavy atom. The molecule has 0 saturated heterocycles. The van der Waals surface area contributed by atoms with Crippen molar-refractivity contribution in [1.82, 2.24) is 0 Å². The first-order valence-electron chi connectivity index (χ1n) is 5.98. The molecule has 1 unspecified atom stereocenters. The predicted molar refractivity (Wildman–Crippen MR) is 102 cm³/mol. The second-order valence-electron chi connectivity index (χ2n) is 4.26. The van der Waals surface area contributed by atoms with E-state index in [0.29, 0.717) is 16.5 Å². The van der Waals surface area contributed by atoms with E-state index in [1.807, 2.05) is 12.1 Å². The van der Waals surface area contributed by atoms with Gasteiger partial charge in [0.1, 0.15) is 0 Å². The minimum Gasteiger partial charge on any atom is -0.493 e. The molecule has 1 atom stereocenters. The number of ether oxygens (including phenoxy) is 2. The Hall–Kier alpha value is 0.0200. The number of hydrogen-bond donors (Lipinski definition) is 0. The minimum atomic E-state index is -0.0331. The summed E-state index contributed by atoms with van der Waals surface area (Å²) >= 11 is 15.9. The van der Waals surface area contributed by atoms with Gasteiger partial charge in [0.25, 0.3) is 0 Å². The zero-order chi connectivity index (χ0) is 15.6. The lowest BCUT2D eigenvalue weighted by Crippen LogP contribution is -1.99. The van der Waals surface area contributed by atoms with Crippen LogP contribution in [0.2, 0.25) is 5.02 Å². The molecule has 2 aromatic rings. The van der Waals surface area contributed by atoms with Gasteiger partial charge in [-0.1, -0.05) is 43.5 Å². The monoisotopic (exact) mass is 544 g/mol. The predicted octanol–water partition coefficient (Wildman–Crippen LogP) is 6.21. The van der Waals surface area contributed by atoms with Crippen molar-refractivity contribution >= 4 is 66.1 Å². The summed E-state index contributed by atoms with van der Waals surface area (Å²) in [4.78, 5) is -0.0331. The quantitative estimate of drug-likeness (QED) is 0.336. The largest absolute Gasteiger partial charge is 0.493 e. The van der Waals surface area contributed by atoms with E-state index < -0.39 is 0 Å². The molecule has 0 fully saturated rings. The van der Waals surface area contributed by atoms with Crippen molar-refractivity contribution in [3.05, 3.63) is 54.5 Å². The second-order valence-corrected chi connectivity index (χ2v) is 7.66. The van der Waals surface area contributed by atoms with E-state index in [-0.39, 0.29) is 4.83 Å². The van der Waals surface area contributed by atoms with Crippen molar-refractivity contribution in [3.8, 4) is 11.5 Å². The highest BCUT2D eigenvalue weighted by Crippen LogP contribution is 2.42. The third-order valence-corrected chi connectivity index (χ3v) is 5.80. The van der Waals surface area contributed by atoms with Crippen LogP contribution >= 0.6 is 66.1 Å². The normalized spacial score (nSPS) is 12.1. The molecule has 0 heterocycles. The van der Waals surface area contributed by atoms with Crippen LogP contribution in [0.15, 0.2) is 34.8 Å². The van der Waals surface area contributed by atoms with Gasteiger partial charge in [0.05, 0.1) is 19.0 Å². The summed E-state index contributed by atoms with van der Waals surface area (Å²) in [5, 5.41) is 0.630. The van der Waals surface area contributed by atoms with Crippen LogP contribution in [0.3, 0.4) is 0 Å². The molecule has 2 nitrogen and oxygen atoms in total. The Bertz CT molecular complexity index is 664. The molecular formula is C15H12Br2ClIO2. The summed E-state index contributed by atoms with van der Waals surface area (Å²) in [7, 11) is 3.21. The SMILES string of the molecule is COc1cc(Cl)c(C(Br)c2cc(Br)ccc2I)cc1OC. The number of methoxy groups -OCH3 is 2. The summed E-state index contributed by atoms with van der Waals surface area (Å²) in [5.41, 5.74) is 2.07. The maximum Gasteiger partial charge on any atom is 0.162 e. The number of hydrogen-bond acceptors (Lipinski definition) is 2. The van der Waals surface area contributed by atoms with Crippen LogP contribution in [-0.2, 0) is 0 Å². The lowest BCUT2D eigenvalue weighted by Gasteiger charge is -2.17. The third kappa shape index (κ3) is 3.86. The molecule has 0 aliphatic rings. The topological polar surface area (TPSA) is 18.5 Å². The molecule has 2 aromatic carbocycles. The van der Waals surface area contributed by atoms with Gasteiger partial charge in [0.15, 0.2) is 11.5 Å². The highest BCUT2D eigenvalue weighted by atomic mass is 127. The molecule has 0 spiro atoms. The van der Waals surface area contributed by atoms with Crippen LogP contribution in [0, 0.1) is 3.57 Å². The minimum absolute atomic E-state index is 0.0331. The summed E-state index contributed by atoms with van der Waals surface area (Å²) in [6, 6.07) is 9.82. The average molecular weight is 546 g/mol. The third-order valence-electron chi connectivity index (χ3n) is 3.01. The van der Waals surface area contributed by atoms with Crippen LogP contribution in [-0.4, -0.2) is 14.2 Å². The highest BCUT2D eigenvalue weighted by Gasteiger charge is 2.20. The molecule has 0 aliphatic carbocycles. The summed E-state index contributed by atoms with van der Waals surface area (Å²) in [6.07, 6.45) is 0. The fraction of sp³-hybridized carbons (Fsp3) is 0.200. The molecular weight excluding hydrogens is 534 g/mol. The average Bonchev–Trinajstić information content (AvgIpc) is 2.48. The van der Waals surface area contributed by atoms with Gasteiger partial charge in [-0.05, 0) is 58.0 Å². The van der Waals surface area contributed by atoms with Gasteiger partial charge in [-0.2, -0.15) is 0 Å². The zero-order valence-corrected chi connectivity index (χ0v) is 17.4. The number of alkyl halides is 1. The molecule has 0 saturated carbocycles. The standard InChI is InChI=1S/C15H12Br2ClIO2/c1-20-13-6-9(11(18)7-14(13)21-2)15(17)10-5-8(16)3-4-12(10)19/h3-7,15H,1-2H3. The lowest BCUT2D eigenvalue weighted by atomic mass is 10.0. The van der Waals surface area contributed by atoms with E-state index in [0.717, 1.165) is 19.2 Å². The van der Waals surface area contributed by atoms with E-state index in [2.05, 4.69) is 66.6 Å². The molecule has 0 bridgehead atoms. The smallest absolute Gasteiger partial charge is 0.162 e. The first-order valence-corrected chi connectivity index (χ1v) is 9.15. The Balaban J connectivity index is 2.52. The molecule has 6 heteroatoms. The number of halogens is 4. The van der Waals surface area contributed by atoms with Crippen molar-refractivity contribution < 1.29 is 9.47 Å². The van der Waals surface area contributed by atoms with E-state index in [1.165, 1.54) is 0 Å². The first-order chi connectivity index (χ1) is 9.97. The van der Waals surface area contributed by atoms with Gasteiger partial charge < -0.3 is 9.47 Å². The maximum absolute atomic E-state index is 6.39. The van der Waals surface area contributed by atoms with E-state index in [9.17, 15) is 0 Å². The molecule has 112 valence electrons. The molecule has 2 rings (SSSR count). The van der Waals surface area contributed by atoms with Gasteiger partial charge in [0.2, 0.25) is 0 Å². The fourth-order valence-corrected chi connectivity index (χ4v) is 4.55. The van der Waals surface area contributed by atoms with Crippen LogP contribution in [0.5, 0.6) is 11.5 Å². The highest BCUT2D eigenvalue weighted by molar-refractivity contribution is 14.1. The van der Waals surface area contributed by atoms with Crippen molar-refractivity contribution in [3.63, 3.8) is 0 Å². The summed E-state index contributed by atoms with van der Waals surface area (Å²) in [6.45, 7) is 0. The Morgan fingerprint density at radius 2 is 1.67 bits per heavy atom. The molecule has 0 N–H and O–H groups in total. The van der Waals surface area contributed by atoms with Crippen molar-refractivity contribution in [1.29, 1.82) is 0 Å². The Kier molecular flexibility index (Phi) is 6.23. The lowest BCUT2D eigenvalue weighted by molar-refractivity contribution is 0.354. The van der Waals surface area contributed by atoms with Crippen molar-refractivity contribution in [2.75, 3.05) is 14.2 Å². The van der Waals surface area contributed by atoms with Crippen LogP contribution in [0.25, 0.3) is 0 Å². The Morgan fingerprint density at radius 3 is 2.29 bits per heavy atom. The van der Waals surface area contributed by atoms with Gasteiger partial charge in [-0.25, -0.2) is 0 Å². The summed E-state index contributed by atoms with van der Waals surface area (Å²) < 4.78 is 12.8. The van der Waals surface area contributed by atoms with Crippen molar-refractivity contribution in [2.24, 2.45) is 0 Å². The van der Waals surface area contributed by atoms with Gasteiger partial charge in [0, 0.05) is 19.1 Å². The fourth-order valence-electron chi connectivity index (χ4n) is 1.94. The number of benzene rings is 2. The van der Waals surface area contributed by atoms with E-state index in [4.69, 9.17) is 21.1 Å². The maximum atomic E-state index is 6.39. The first kappa shape index (κ1) is 17.4. The molecule has 0 radical (unpaired) electrons. The van der Waals surface area contributed by atoms with Gasteiger partial charge in [-0.15, -0.1) is 0 Å². The molecule has 21 heavy (non-hydrogen) atoms. The van der Waals surface area contributed by atoms with E-state index >= 15 is 0 Å². The van der Waals surface area contributed by atoms with Gasteiger partial charge in [-0.3, -0.25) is 0 Å². The summed E-state index contributed by atoms with van der Waals surface area (Å²) in [5.74, 6) is 1.28. The van der Waals surface area contributed by atoms with Crippen molar-refractivity contribution in [2.45, 2.75) is 4.83 Å². The number of rotatable bonds is 4. The second kappa shape index (κ2) is 7.53. The van der Waals surface area contributed by atoms with Crippen LogP contribution in [0.4, 0.5) is 0 Å². The van der Waals surface area contributed by atoms with Crippen LogP contribution < -0.4 is 9.47 Å².